The Morgan fingerprint density at radius 3 is 2.79 bits per heavy atom. The highest BCUT2D eigenvalue weighted by Gasteiger charge is 2.27. The molecule has 0 bridgehead atoms. The summed E-state index contributed by atoms with van der Waals surface area (Å²) in [6.45, 7) is 1.97. The predicted molar refractivity (Wildman–Crippen MR) is 126 cm³/mol. The number of halogens is 1. The fourth-order valence-electron chi connectivity index (χ4n) is 4.70. The minimum atomic E-state index is -1.24. The number of nitrogens with one attached hydrogen (secondary N) is 2. The monoisotopic (exact) mass is 465 g/mol. The molecule has 0 aliphatic carbocycles. The molecule has 5 N–H and O–H groups in total. The number of aliphatic carboxylic acids is 1. The van der Waals surface area contributed by atoms with E-state index in [4.69, 9.17) is 0 Å². The SMILES string of the molecule is CC1CCc2cc(F)cc3c(=O)c(C(=O)N[C@H](Cc4c[nH]c5ccccc45)C(=O)O)cn1c23.O. The lowest BCUT2D eigenvalue weighted by molar-refractivity contribution is -0.139. The van der Waals surface area contributed by atoms with Gasteiger partial charge in [-0.25, -0.2) is 9.18 Å². The number of para-hydroxylation sites is 1. The molecule has 176 valence electrons. The molecule has 1 aliphatic heterocycles. The normalized spacial score (nSPS) is 15.6. The van der Waals surface area contributed by atoms with Crippen LogP contribution in [0.1, 0.15) is 40.9 Å². The van der Waals surface area contributed by atoms with Crippen LogP contribution in [0.5, 0.6) is 0 Å². The van der Waals surface area contributed by atoms with Crippen molar-refractivity contribution in [2.24, 2.45) is 0 Å². The van der Waals surface area contributed by atoms with E-state index in [0.717, 1.165) is 34.5 Å². The molecule has 9 heteroatoms. The van der Waals surface area contributed by atoms with Crippen LogP contribution in [0.25, 0.3) is 21.8 Å². The van der Waals surface area contributed by atoms with Crippen LogP contribution in [-0.2, 0) is 17.6 Å². The molecule has 0 saturated carbocycles. The molecular weight excluding hydrogens is 441 g/mol. The Morgan fingerprint density at radius 1 is 1.26 bits per heavy atom. The number of aryl methyl sites for hydroxylation is 1. The van der Waals surface area contributed by atoms with Crippen LogP contribution < -0.4 is 10.7 Å². The Bertz CT molecular complexity index is 1490. The zero-order chi connectivity index (χ0) is 23.3. The van der Waals surface area contributed by atoms with E-state index in [-0.39, 0.29) is 28.9 Å². The van der Waals surface area contributed by atoms with E-state index in [2.05, 4.69) is 10.3 Å². The van der Waals surface area contributed by atoms with E-state index < -0.39 is 29.2 Å². The number of aromatic amines is 1. The summed E-state index contributed by atoms with van der Waals surface area (Å²) in [6.07, 6.45) is 4.62. The number of pyridine rings is 1. The number of amides is 1. The Hall–Kier alpha value is -3.98. The van der Waals surface area contributed by atoms with Gasteiger partial charge in [0.1, 0.15) is 17.4 Å². The molecular formula is C25H24FN3O5. The van der Waals surface area contributed by atoms with Crippen molar-refractivity contribution >= 4 is 33.7 Å². The number of hydrogen-bond acceptors (Lipinski definition) is 3. The number of fused-ring (bicyclic) bond motifs is 1. The molecule has 0 saturated heterocycles. The van der Waals surface area contributed by atoms with Gasteiger partial charge in [-0.3, -0.25) is 9.59 Å². The quantitative estimate of drug-likeness (QED) is 0.417. The molecule has 1 aliphatic rings. The zero-order valence-corrected chi connectivity index (χ0v) is 18.4. The van der Waals surface area contributed by atoms with E-state index in [1.54, 1.807) is 6.20 Å². The first kappa shape index (κ1) is 23.2. The first-order chi connectivity index (χ1) is 15.8. The van der Waals surface area contributed by atoms with Crippen molar-refractivity contribution in [1.29, 1.82) is 0 Å². The third-order valence-corrected chi connectivity index (χ3v) is 6.42. The maximum Gasteiger partial charge on any atom is 0.326 e. The van der Waals surface area contributed by atoms with Crippen molar-refractivity contribution in [3.8, 4) is 0 Å². The van der Waals surface area contributed by atoms with Gasteiger partial charge in [-0.1, -0.05) is 18.2 Å². The smallest absolute Gasteiger partial charge is 0.326 e. The summed E-state index contributed by atoms with van der Waals surface area (Å²) < 4.78 is 16.0. The first-order valence-electron chi connectivity index (χ1n) is 10.8. The van der Waals surface area contributed by atoms with Gasteiger partial charge in [-0.15, -0.1) is 0 Å². The van der Waals surface area contributed by atoms with Crippen molar-refractivity contribution in [2.45, 2.75) is 38.3 Å². The van der Waals surface area contributed by atoms with Gasteiger partial charge in [0.2, 0.25) is 5.43 Å². The predicted octanol–water partition coefficient (Wildman–Crippen LogP) is 2.73. The van der Waals surface area contributed by atoms with E-state index >= 15 is 0 Å². The van der Waals surface area contributed by atoms with Gasteiger partial charge in [-0.05, 0) is 49.1 Å². The largest absolute Gasteiger partial charge is 0.480 e. The Kier molecular flexibility index (Phi) is 5.97. The zero-order valence-electron chi connectivity index (χ0n) is 18.4. The Balaban J connectivity index is 0.00000274. The number of benzene rings is 2. The highest BCUT2D eigenvalue weighted by molar-refractivity contribution is 5.99. The summed E-state index contributed by atoms with van der Waals surface area (Å²) in [7, 11) is 0. The summed E-state index contributed by atoms with van der Waals surface area (Å²) in [5.41, 5.74) is 2.16. The van der Waals surface area contributed by atoms with Gasteiger partial charge in [0.25, 0.3) is 5.91 Å². The van der Waals surface area contributed by atoms with Crippen LogP contribution >= 0.6 is 0 Å². The molecule has 0 spiro atoms. The first-order valence-corrected chi connectivity index (χ1v) is 10.8. The molecule has 1 unspecified atom stereocenters. The molecule has 2 aromatic carbocycles. The molecule has 8 nitrogen and oxygen atoms in total. The average Bonchev–Trinajstić information content (AvgIpc) is 3.19. The van der Waals surface area contributed by atoms with Crippen LogP contribution in [0.3, 0.4) is 0 Å². The average molecular weight is 465 g/mol. The number of rotatable bonds is 5. The van der Waals surface area contributed by atoms with Crippen molar-refractivity contribution < 1.29 is 24.6 Å². The summed E-state index contributed by atoms with van der Waals surface area (Å²) >= 11 is 0. The minimum absolute atomic E-state index is 0. The van der Waals surface area contributed by atoms with Crippen LogP contribution in [0.4, 0.5) is 4.39 Å². The Labute approximate surface area is 193 Å². The third kappa shape index (κ3) is 3.84. The molecule has 34 heavy (non-hydrogen) atoms. The van der Waals surface area contributed by atoms with Gasteiger partial charge in [0.05, 0.1) is 5.52 Å². The highest BCUT2D eigenvalue weighted by Crippen LogP contribution is 2.30. The summed E-state index contributed by atoms with van der Waals surface area (Å²) in [5, 5.41) is 13.2. The van der Waals surface area contributed by atoms with Crippen LogP contribution in [-0.4, -0.2) is 38.1 Å². The second-order valence-corrected chi connectivity index (χ2v) is 8.56. The topological polar surface area (TPSA) is 136 Å². The fraction of sp³-hybridized carbons (Fsp3) is 0.240. The molecule has 4 aromatic rings. The molecule has 0 fully saturated rings. The second-order valence-electron chi connectivity index (χ2n) is 8.56. The second kappa shape index (κ2) is 8.75. The van der Waals surface area contributed by atoms with E-state index in [1.807, 2.05) is 35.8 Å². The molecule has 1 amide bonds. The lowest BCUT2D eigenvalue weighted by Crippen LogP contribution is -2.44. The summed E-state index contributed by atoms with van der Waals surface area (Å²) in [4.78, 5) is 41.2. The molecule has 5 rings (SSSR count). The maximum atomic E-state index is 14.2. The maximum absolute atomic E-state index is 14.2. The van der Waals surface area contributed by atoms with Crippen molar-refractivity contribution in [3.63, 3.8) is 0 Å². The van der Waals surface area contributed by atoms with Gasteiger partial charge in [0, 0.05) is 41.1 Å². The van der Waals surface area contributed by atoms with Gasteiger partial charge < -0.3 is 25.5 Å². The lowest BCUT2D eigenvalue weighted by Gasteiger charge is -2.27. The van der Waals surface area contributed by atoms with Crippen molar-refractivity contribution in [2.75, 3.05) is 0 Å². The lowest BCUT2D eigenvalue weighted by atomic mass is 9.95. The third-order valence-electron chi connectivity index (χ3n) is 6.42. The van der Waals surface area contributed by atoms with Crippen molar-refractivity contribution in [1.82, 2.24) is 14.9 Å². The van der Waals surface area contributed by atoms with Crippen LogP contribution in [0.15, 0.2) is 53.6 Å². The van der Waals surface area contributed by atoms with Crippen LogP contribution in [0.2, 0.25) is 0 Å². The van der Waals surface area contributed by atoms with Gasteiger partial charge in [0.15, 0.2) is 0 Å². The number of nitrogens with zero attached hydrogens (tertiary/aromatic N) is 1. The van der Waals surface area contributed by atoms with E-state index in [0.29, 0.717) is 11.9 Å². The number of carbonyl (C=O) groups is 2. The van der Waals surface area contributed by atoms with E-state index in [9.17, 15) is 23.9 Å². The van der Waals surface area contributed by atoms with Crippen molar-refractivity contribution in [3.05, 3.63) is 81.5 Å². The molecule has 3 heterocycles. The number of carboxylic acid groups (broad SMARTS) is 1. The van der Waals surface area contributed by atoms with Gasteiger partial charge in [-0.2, -0.15) is 0 Å². The number of H-pyrrole nitrogens is 1. The number of hydrogen-bond donors (Lipinski definition) is 3. The summed E-state index contributed by atoms with van der Waals surface area (Å²) in [5.74, 6) is -2.53. The minimum Gasteiger partial charge on any atom is -0.480 e. The standard InChI is InChI=1S/C25H22FN3O4.H2O/c1-13-6-7-14-8-16(26)10-18-22(14)29(13)12-19(23(18)30)24(31)28-21(25(32)33)9-15-11-27-20-5-3-2-4-17(15)20;/h2-5,8,10-13,21,27H,6-7,9H2,1H3,(H,28,31)(H,32,33);1H2/t13?,21-;/m1./s1. The van der Waals surface area contributed by atoms with E-state index in [1.165, 1.54) is 12.3 Å². The van der Waals surface area contributed by atoms with Gasteiger partial charge >= 0.3 is 5.97 Å². The fourth-order valence-corrected chi connectivity index (χ4v) is 4.70. The molecule has 0 radical (unpaired) electrons. The molecule has 2 aromatic heterocycles. The Morgan fingerprint density at radius 2 is 2.03 bits per heavy atom. The van der Waals surface area contributed by atoms with Crippen LogP contribution in [0, 0.1) is 5.82 Å². The molecule has 2 atom stereocenters. The highest BCUT2D eigenvalue weighted by atomic mass is 19.1. The number of carbonyl (C=O) groups excluding carboxylic acids is 1. The number of carboxylic acids is 1. The number of aromatic nitrogens is 2. The summed E-state index contributed by atoms with van der Waals surface area (Å²) in [6, 6.07) is 8.81.